The van der Waals surface area contributed by atoms with Crippen molar-refractivity contribution in [3.63, 3.8) is 0 Å². The lowest BCUT2D eigenvalue weighted by atomic mass is 10.1. The molecule has 4 amide bonds. The molecule has 1 fully saturated rings. The largest absolute Gasteiger partial charge is 0.457 e. The molecule has 2 atom stereocenters. The van der Waals surface area contributed by atoms with Crippen molar-refractivity contribution in [2.24, 2.45) is 0 Å². The van der Waals surface area contributed by atoms with E-state index in [1.807, 2.05) is 76.2 Å². The van der Waals surface area contributed by atoms with Crippen LogP contribution in [0.15, 0.2) is 60.8 Å². The Balaban J connectivity index is 1.25. The molecule has 3 heterocycles. The molecular weight excluding hydrogens is 566 g/mol. The molecule has 3 N–H and O–H groups in total. The van der Waals surface area contributed by atoms with Crippen molar-refractivity contribution in [2.45, 2.75) is 64.6 Å². The number of urea groups is 1. The van der Waals surface area contributed by atoms with Crippen LogP contribution in [0.4, 0.5) is 26.7 Å². The first-order valence-corrected chi connectivity index (χ1v) is 15.1. The zero-order chi connectivity index (χ0) is 30.3. The van der Waals surface area contributed by atoms with Crippen LogP contribution in [-0.4, -0.2) is 40.7 Å². The average molecular weight is 600 g/mol. The summed E-state index contributed by atoms with van der Waals surface area (Å²) in [4.78, 5) is 46.7. The number of nitrogens with zero attached hydrogens (tertiary/aromatic N) is 2. The van der Waals surface area contributed by atoms with Crippen molar-refractivity contribution >= 4 is 56.6 Å². The molecule has 0 bridgehead atoms. The van der Waals surface area contributed by atoms with E-state index in [9.17, 15) is 14.4 Å². The molecule has 0 spiro atoms. The number of nitrogens with one attached hydrogen (secondary N) is 3. The summed E-state index contributed by atoms with van der Waals surface area (Å²) in [6, 6.07) is 16.0. The topological polar surface area (TPSA) is 122 Å². The third-order valence-electron chi connectivity index (χ3n) is 7.37. The number of ether oxygens (including phenoxy) is 2. The lowest BCUT2D eigenvalue weighted by Gasteiger charge is -2.30. The summed E-state index contributed by atoms with van der Waals surface area (Å²) in [5, 5.41) is 9.64. The van der Waals surface area contributed by atoms with Crippen molar-refractivity contribution in [2.75, 3.05) is 10.2 Å². The number of aromatic nitrogens is 1. The Labute approximate surface area is 253 Å². The molecule has 10 nitrogen and oxygen atoms in total. The van der Waals surface area contributed by atoms with E-state index in [0.717, 1.165) is 30.6 Å². The number of amides is 4. The highest BCUT2D eigenvalue weighted by Crippen LogP contribution is 2.46. The molecule has 0 unspecified atom stereocenters. The second-order valence-electron chi connectivity index (χ2n) is 11.7. The Morgan fingerprint density at radius 1 is 1.00 bits per heavy atom. The van der Waals surface area contributed by atoms with E-state index < -0.39 is 11.7 Å². The van der Waals surface area contributed by atoms with Crippen LogP contribution in [0, 0.1) is 6.92 Å². The third kappa shape index (κ3) is 5.85. The Morgan fingerprint density at radius 3 is 2.47 bits per heavy atom. The van der Waals surface area contributed by atoms with E-state index in [2.05, 4.69) is 20.9 Å². The molecule has 222 valence electrons. The number of carbonyl (C=O) groups excluding carboxylic acids is 3. The van der Waals surface area contributed by atoms with Crippen LogP contribution in [0.5, 0.6) is 11.5 Å². The number of aryl methyl sites for hydroxylation is 1. The molecule has 4 aromatic rings. The van der Waals surface area contributed by atoms with Gasteiger partial charge in [-0.2, -0.15) is 0 Å². The van der Waals surface area contributed by atoms with Crippen molar-refractivity contribution < 1.29 is 23.9 Å². The highest BCUT2D eigenvalue weighted by molar-refractivity contribution is 7.21. The number of pyridine rings is 1. The van der Waals surface area contributed by atoms with Gasteiger partial charge >= 0.3 is 12.1 Å². The number of para-hydroxylation sites is 1. The van der Waals surface area contributed by atoms with Gasteiger partial charge in [-0.15, -0.1) is 11.3 Å². The van der Waals surface area contributed by atoms with E-state index in [1.165, 1.54) is 11.3 Å². The predicted octanol–water partition coefficient (Wildman–Crippen LogP) is 7.26. The van der Waals surface area contributed by atoms with Gasteiger partial charge in [-0.1, -0.05) is 18.2 Å². The van der Waals surface area contributed by atoms with E-state index in [4.69, 9.17) is 9.47 Å². The van der Waals surface area contributed by atoms with Gasteiger partial charge in [0.05, 0.1) is 28.5 Å². The molecular formula is C32H33N5O5S. The second kappa shape index (κ2) is 11.2. The van der Waals surface area contributed by atoms with Crippen LogP contribution < -0.4 is 25.6 Å². The Bertz CT molecular complexity index is 1710. The molecule has 0 radical (unpaired) electrons. The van der Waals surface area contributed by atoms with Crippen LogP contribution in [0.25, 0.3) is 10.2 Å². The highest BCUT2D eigenvalue weighted by Gasteiger charge is 2.36. The van der Waals surface area contributed by atoms with Gasteiger partial charge in [0.2, 0.25) is 0 Å². The number of anilines is 3. The Hall–Kier alpha value is -4.64. The van der Waals surface area contributed by atoms with E-state index >= 15 is 0 Å². The van der Waals surface area contributed by atoms with E-state index in [-0.39, 0.29) is 24.0 Å². The maximum atomic E-state index is 13.6. The van der Waals surface area contributed by atoms with Gasteiger partial charge in [0.25, 0.3) is 5.91 Å². The van der Waals surface area contributed by atoms with Crippen LogP contribution in [-0.2, 0) is 4.74 Å². The first-order chi connectivity index (χ1) is 20.6. The molecule has 2 aromatic heterocycles. The monoisotopic (exact) mass is 599 g/mol. The van der Waals surface area contributed by atoms with Gasteiger partial charge < -0.3 is 25.4 Å². The van der Waals surface area contributed by atoms with Gasteiger partial charge in [0.1, 0.15) is 26.8 Å². The van der Waals surface area contributed by atoms with Crippen molar-refractivity contribution in [3.8, 4) is 11.5 Å². The fraction of sp³-hybridized carbons (Fsp3) is 0.312. The molecule has 6 rings (SSSR count). The summed E-state index contributed by atoms with van der Waals surface area (Å²) in [7, 11) is 0. The average Bonchev–Trinajstić information content (AvgIpc) is 3.54. The number of benzene rings is 2. The molecule has 1 aliphatic carbocycles. The maximum absolute atomic E-state index is 13.6. The lowest BCUT2D eigenvalue weighted by Crippen LogP contribution is -2.49. The van der Waals surface area contributed by atoms with Crippen LogP contribution in [0.1, 0.15) is 55.3 Å². The zero-order valence-corrected chi connectivity index (χ0v) is 25.2. The summed E-state index contributed by atoms with van der Waals surface area (Å²) < 4.78 is 11.4. The number of hydrogen-bond donors (Lipinski definition) is 3. The number of hydrogen-bond acceptors (Lipinski definition) is 7. The Morgan fingerprint density at radius 2 is 1.74 bits per heavy atom. The van der Waals surface area contributed by atoms with Gasteiger partial charge in [-0.3, -0.25) is 9.69 Å². The molecule has 2 aromatic carbocycles. The minimum absolute atomic E-state index is 0.250. The summed E-state index contributed by atoms with van der Waals surface area (Å²) in [6.07, 6.45) is 3.45. The first kappa shape index (κ1) is 28.5. The fourth-order valence-electron chi connectivity index (χ4n) is 5.55. The smallest absolute Gasteiger partial charge is 0.407 e. The fourth-order valence-corrected chi connectivity index (χ4v) is 6.57. The normalized spacial score (nSPS) is 17.9. The van der Waals surface area contributed by atoms with Crippen LogP contribution >= 0.6 is 11.3 Å². The summed E-state index contributed by atoms with van der Waals surface area (Å²) in [5.41, 5.74) is 2.00. The molecule has 2 aliphatic rings. The first-order valence-electron chi connectivity index (χ1n) is 14.2. The number of alkyl carbamates (subject to hydrolysis) is 1. The van der Waals surface area contributed by atoms with Crippen molar-refractivity contribution in [3.05, 3.63) is 71.2 Å². The molecule has 1 aliphatic heterocycles. The SMILES string of the molecule is Cc1cc(Oc2ccccc2)ccc1N1C(=O)Nc2c(C(=O)N[C@@H]3CCC[C@@H]3NC(=O)OC(C)(C)C)sc3nccc1c23. The number of rotatable bonds is 6. The quantitative estimate of drug-likeness (QED) is 0.215. The predicted molar refractivity (Wildman–Crippen MR) is 167 cm³/mol. The highest BCUT2D eigenvalue weighted by atomic mass is 32.1. The zero-order valence-electron chi connectivity index (χ0n) is 24.4. The lowest BCUT2D eigenvalue weighted by molar-refractivity contribution is 0.0495. The van der Waals surface area contributed by atoms with Gasteiger partial charge in [-0.25, -0.2) is 14.6 Å². The standard InChI is InChI=1S/C32H33N5O5S/c1-18-17-20(41-19-9-6-5-7-10-19)13-14-23(18)37-24-15-16-33-29-25(24)26(36-30(37)39)27(43-29)28(38)34-21-11-8-12-22(21)35-31(40)42-32(2,3)4/h5-7,9-10,13-17,21-22H,8,11-12H2,1-4H3,(H,34,38)(H,35,40)(H,36,39)/t21-,22+/m1/s1. The Kier molecular flexibility index (Phi) is 7.43. The van der Waals surface area contributed by atoms with Crippen molar-refractivity contribution in [1.82, 2.24) is 15.6 Å². The number of thiophene rings is 1. The summed E-state index contributed by atoms with van der Waals surface area (Å²) in [6.45, 7) is 7.34. The van der Waals surface area contributed by atoms with Gasteiger partial charge in [0, 0.05) is 12.2 Å². The molecule has 1 saturated carbocycles. The van der Waals surface area contributed by atoms with Gasteiger partial charge in [0.15, 0.2) is 0 Å². The summed E-state index contributed by atoms with van der Waals surface area (Å²) >= 11 is 1.23. The minimum Gasteiger partial charge on any atom is -0.457 e. The van der Waals surface area contributed by atoms with Crippen molar-refractivity contribution in [1.29, 1.82) is 0 Å². The summed E-state index contributed by atoms with van der Waals surface area (Å²) in [5.74, 6) is 1.06. The number of carbonyl (C=O) groups is 3. The molecule has 11 heteroatoms. The second-order valence-corrected chi connectivity index (χ2v) is 12.7. The molecule has 0 saturated heterocycles. The minimum atomic E-state index is -0.617. The van der Waals surface area contributed by atoms with Gasteiger partial charge in [-0.05, 0) is 88.9 Å². The molecule has 43 heavy (non-hydrogen) atoms. The maximum Gasteiger partial charge on any atom is 0.407 e. The van der Waals surface area contributed by atoms with Crippen LogP contribution in [0.3, 0.4) is 0 Å². The van der Waals surface area contributed by atoms with Crippen LogP contribution in [0.2, 0.25) is 0 Å². The third-order valence-corrected chi connectivity index (χ3v) is 8.47. The van der Waals surface area contributed by atoms with E-state index in [1.54, 1.807) is 17.2 Å². The van der Waals surface area contributed by atoms with E-state index in [0.29, 0.717) is 37.9 Å².